The van der Waals surface area contributed by atoms with Crippen LogP contribution in [0.15, 0.2) is 35.3 Å². The molecule has 4 rings (SSSR count). The molecule has 0 saturated carbocycles. The summed E-state index contributed by atoms with van der Waals surface area (Å²) in [5.41, 5.74) is 2.17. The molecule has 126 valence electrons. The minimum Gasteiger partial charge on any atom is -0.481 e. The van der Waals surface area contributed by atoms with Gasteiger partial charge >= 0.3 is 0 Å². The van der Waals surface area contributed by atoms with Gasteiger partial charge in [0.2, 0.25) is 5.88 Å². The van der Waals surface area contributed by atoms with E-state index in [9.17, 15) is 4.79 Å². The first-order chi connectivity index (χ1) is 12.2. The van der Waals surface area contributed by atoms with E-state index in [1.165, 1.54) is 10.5 Å². The summed E-state index contributed by atoms with van der Waals surface area (Å²) in [6, 6.07) is 12.9. The van der Waals surface area contributed by atoms with Crippen LogP contribution in [0.3, 0.4) is 0 Å². The third kappa shape index (κ3) is 2.99. The Labute approximate surface area is 144 Å². The van der Waals surface area contributed by atoms with Crippen LogP contribution < -0.4 is 20.5 Å². The van der Waals surface area contributed by atoms with Gasteiger partial charge in [-0.1, -0.05) is 6.07 Å². The highest BCUT2D eigenvalue weighted by Crippen LogP contribution is 2.17. The molecule has 7 nitrogen and oxygen atoms in total. The lowest BCUT2D eigenvalue weighted by atomic mass is 10.2. The third-order valence-corrected chi connectivity index (χ3v) is 4.16. The summed E-state index contributed by atoms with van der Waals surface area (Å²) < 4.78 is 6.63. The fourth-order valence-corrected chi connectivity index (χ4v) is 2.85. The molecule has 0 amide bonds. The van der Waals surface area contributed by atoms with Crippen molar-refractivity contribution in [2.75, 3.05) is 38.2 Å². The van der Waals surface area contributed by atoms with E-state index in [-0.39, 0.29) is 5.56 Å². The number of hydrogen-bond acceptors (Lipinski definition) is 6. The Morgan fingerprint density at radius 1 is 1.16 bits per heavy atom. The second-order valence-corrected chi connectivity index (χ2v) is 5.74. The number of pyridine rings is 1. The van der Waals surface area contributed by atoms with E-state index < -0.39 is 0 Å². The maximum atomic E-state index is 12.6. The van der Waals surface area contributed by atoms with Crippen molar-refractivity contribution in [1.82, 2.24) is 19.7 Å². The molecule has 0 radical (unpaired) electrons. The molecule has 0 spiro atoms. The molecule has 0 atom stereocenters. The van der Waals surface area contributed by atoms with Crippen LogP contribution in [0.5, 0.6) is 5.88 Å². The fraction of sp³-hybridized carbons (Fsp3) is 0.278. The number of nitrogens with one attached hydrogen (secondary N) is 1. The molecule has 1 N–H and O–H groups in total. The zero-order valence-corrected chi connectivity index (χ0v) is 13.8. The average Bonchev–Trinajstić information content (AvgIpc) is 2.68. The van der Waals surface area contributed by atoms with E-state index in [4.69, 9.17) is 4.74 Å². The Balaban J connectivity index is 1.76. The highest BCUT2D eigenvalue weighted by molar-refractivity contribution is 5.58. The maximum Gasteiger partial charge on any atom is 0.259 e. The summed E-state index contributed by atoms with van der Waals surface area (Å²) in [7, 11) is 1.55. The van der Waals surface area contributed by atoms with Gasteiger partial charge in [-0.15, -0.1) is 0 Å². The zero-order chi connectivity index (χ0) is 17.2. The molecule has 1 fully saturated rings. The lowest BCUT2D eigenvalue weighted by Crippen LogP contribution is -2.43. The Bertz CT molecular complexity index is 963. The van der Waals surface area contributed by atoms with Crippen LogP contribution in [-0.2, 0) is 0 Å². The van der Waals surface area contributed by atoms with Crippen LogP contribution in [0.2, 0.25) is 0 Å². The summed E-state index contributed by atoms with van der Waals surface area (Å²) >= 11 is 0. The summed E-state index contributed by atoms with van der Waals surface area (Å²) in [6.45, 7) is 3.59. The number of nitrogens with zero attached hydrogens (tertiary/aromatic N) is 4. The molecule has 1 aliphatic rings. The Hall–Kier alpha value is -3.11. The number of piperazine rings is 1. The largest absolute Gasteiger partial charge is 0.481 e. The molecular formula is C18H17N5O2. The Kier molecular flexibility index (Phi) is 3.96. The highest BCUT2D eigenvalue weighted by atomic mass is 16.5. The first-order valence-corrected chi connectivity index (χ1v) is 8.09. The maximum absolute atomic E-state index is 12.6. The monoisotopic (exact) mass is 335 g/mol. The third-order valence-electron chi connectivity index (χ3n) is 4.16. The minimum atomic E-state index is -0.175. The van der Waals surface area contributed by atoms with E-state index in [1.54, 1.807) is 25.4 Å². The lowest BCUT2D eigenvalue weighted by molar-refractivity contribution is 0.398. The topological polar surface area (TPSA) is 71.8 Å². The van der Waals surface area contributed by atoms with Gasteiger partial charge in [-0.2, -0.15) is 0 Å². The van der Waals surface area contributed by atoms with Crippen molar-refractivity contribution < 1.29 is 4.74 Å². The SMILES string of the molecule is COc1cccc(-c2cc(=O)n3cc(N4CCNCC4)c#cc3n2)n1. The van der Waals surface area contributed by atoms with Crippen LogP contribution in [-0.4, -0.2) is 47.7 Å². The van der Waals surface area contributed by atoms with Crippen LogP contribution in [0.25, 0.3) is 17.0 Å². The molecule has 0 aromatic carbocycles. The second kappa shape index (κ2) is 6.42. The van der Waals surface area contributed by atoms with Crippen LogP contribution in [0.1, 0.15) is 0 Å². The number of anilines is 1. The van der Waals surface area contributed by atoms with Crippen molar-refractivity contribution in [3.8, 4) is 17.3 Å². The van der Waals surface area contributed by atoms with Gasteiger partial charge in [-0.05, 0) is 18.2 Å². The zero-order valence-electron chi connectivity index (χ0n) is 13.8. The van der Waals surface area contributed by atoms with Gasteiger partial charge < -0.3 is 15.0 Å². The normalized spacial score (nSPS) is 14.4. The highest BCUT2D eigenvalue weighted by Gasteiger charge is 2.12. The van der Waals surface area contributed by atoms with Gasteiger partial charge in [0, 0.05) is 44.5 Å². The van der Waals surface area contributed by atoms with Crippen molar-refractivity contribution in [3.05, 3.63) is 52.9 Å². The molecule has 0 bridgehead atoms. The summed E-state index contributed by atoms with van der Waals surface area (Å²) in [6.07, 6.45) is 1.77. The van der Waals surface area contributed by atoms with Crippen LogP contribution in [0.4, 0.5) is 5.69 Å². The number of aromatic nitrogens is 3. The van der Waals surface area contributed by atoms with Crippen molar-refractivity contribution >= 4 is 11.3 Å². The van der Waals surface area contributed by atoms with Gasteiger partial charge in [0.05, 0.1) is 18.5 Å². The minimum absolute atomic E-state index is 0.175. The van der Waals surface area contributed by atoms with Gasteiger partial charge in [-0.25, -0.2) is 9.97 Å². The van der Waals surface area contributed by atoms with E-state index in [0.29, 0.717) is 22.9 Å². The van der Waals surface area contributed by atoms with Gasteiger partial charge in [0.15, 0.2) is 5.65 Å². The van der Waals surface area contributed by atoms with E-state index >= 15 is 0 Å². The molecule has 1 aliphatic heterocycles. The van der Waals surface area contributed by atoms with Crippen molar-refractivity contribution in [2.45, 2.75) is 0 Å². The predicted molar refractivity (Wildman–Crippen MR) is 94.0 cm³/mol. The Morgan fingerprint density at radius 2 is 2.00 bits per heavy atom. The number of methoxy groups -OCH3 is 1. The first kappa shape index (κ1) is 15.4. The smallest absolute Gasteiger partial charge is 0.259 e. The number of ether oxygens (including phenoxy) is 1. The molecule has 7 heteroatoms. The number of hydrogen-bond donors (Lipinski definition) is 1. The lowest BCUT2D eigenvalue weighted by Gasteiger charge is -2.28. The van der Waals surface area contributed by atoms with Gasteiger partial charge in [0.25, 0.3) is 5.56 Å². The summed E-state index contributed by atoms with van der Waals surface area (Å²) in [5, 5.41) is 3.30. The molecule has 4 heterocycles. The first-order valence-electron chi connectivity index (χ1n) is 8.09. The van der Waals surface area contributed by atoms with Crippen LogP contribution >= 0.6 is 0 Å². The molecule has 25 heavy (non-hydrogen) atoms. The summed E-state index contributed by atoms with van der Waals surface area (Å²) in [5.74, 6) is 0.476. The average molecular weight is 335 g/mol. The number of rotatable bonds is 3. The van der Waals surface area contributed by atoms with Crippen molar-refractivity contribution in [2.24, 2.45) is 0 Å². The fourth-order valence-electron chi connectivity index (χ4n) is 2.85. The standard InChI is InChI=1S/C18H17N5O2/c1-25-17-4-2-3-14(21-17)15-11-18(24)23-12-13(5-6-16(23)20-15)22-9-7-19-8-10-22/h2-4,11-12,19H,7-10H2,1H3. The van der Waals surface area contributed by atoms with Crippen molar-refractivity contribution in [3.63, 3.8) is 0 Å². The van der Waals surface area contributed by atoms with Crippen molar-refractivity contribution in [1.29, 1.82) is 0 Å². The molecular weight excluding hydrogens is 318 g/mol. The van der Waals surface area contributed by atoms with Crippen LogP contribution in [0, 0.1) is 12.1 Å². The Morgan fingerprint density at radius 3 is 2.80 bits per heavy atom. The van der Waals surface area contributed by atoms with E-state index in [2.05, 4.69) is 32.3 Å². The molecule has 3 aromatic rings. The quantitative estimate of drug-likeness (QED) is 0.762. The molecule has 0 unspecified atom stereocenters. The van der Waals surface area contributed by atoms with E-state index in [1.807, 2.05) is 6.07 Å². The molecule has 3 aromatic heterocycles. The predicted octanol–water partition coefficient (Wildman–Crippen LogP) is 0.775. The van der Waals surface area contributed by atoms with Gasteiger partial charge in [0.1, 0.15) is 5.69 Å². The van der Waals surface area contributed by atoms with Gasteiger partial charge in [-0.3, -0.25) is 9.20 Å². The number of fused-ring (bicyclic) bond motifs is 1. The molecule has 0 aliphatic carbocycles. The second-order valence-electron chi connectivity index (χ2n) is 5.74. The van der Waals surface area contributed by atoms with E-state index in [0.717, 1.165) is 31.9 Å². The summed E-state index contributed by atoms with van der Waals surface area (Å²) in [4.78, 5) is 23.6. The molecule has 1 saturated heterocycles.